The maximum Gasteiger partial charge on any atom is 0.0429 e. The molecule has 0 aliphatic carbocycles. The van der Waals surface area contributed by atoms with Crippen LogP contribution >= 0.6 is 0 Å². The van der Waals surface area contributed by atoms with Gasteiger partial charge in [0.05, 0.1) is 0 Å². The molecule has 2 heteroatoms. The second-order valence-corrected chi connectivity index (χ2v) is 4.03. The summed E-state index contributed by atoms with van der Waals surface area (Å²) < 4.78 is 0. The highest BCUT2D eigenvalue weighted by molar-refractivity contribution is 5.22. The van der Waals surface area contributed by atoms with E-state index in [1.54, 1.807) is 0 Å². The zero-order chi connectivity index (χ0) is 9.26. The first-order chi connectivity index (χ1) is 6.27. The summed E-state index contributed by atoms with van der Waals surface area (Å²) in [4.78, 5) is 4.45. The number of hydrogen-bond acceptors (Lipinski definition) is 2. The van der Waals surface area contributed by atoms with E-state index in [-0.39, 0.29) is 0 Å². The van der Waals surface area contributed by atoms with E-state index in [1.165, 1.54) is 11.3 Å². The van der Waals surface area contributed by atoms with Gasteiger partial charge in [0.1, 0.15) is 0 Å². The van der Waals surface area contributed by atoms with Crippen molar-refractivity contribution < 1.29 is 0 Å². The lowest BCUT2D eigenvalue weighted by atomic mass is 9.94. The first-order valence-electron chi connectivity index (χ1n) is 4.94. The van der Waals surface area contributed by atoms with E-state index in [4.69, 9.17) is 0 Å². The van der Waals surface area contributed by atoms with Crippen LogP contribution in [-0.4, -0.2) is 18.1 Å². The first-order valence-corrected chi connectivity index (χ1v) is 4.94. The molecular formula is C11H16N2. The van der Waals surface area contributed by atoms with Crippen molar-refractivity contribution in [3.63, 3.8) is 0 Å². The van der Waals surface area contributed by atoms with Crippen LogP contribution < -0.4 is 5.32 Å². The molecule has 0 spiro atoms. The van der Waals surface area contributed by atoms with Gasteiger partial charge in [-0.2, -0.15) is 0 Å². The summed E-state index contributed by atoms with van der Waals surface area (Å²) in [6, 6.07) is 4.37. The second kappa shape index (κ2) is 3.46. The molecule has 1 aliphatic heterocycles. The molecule has 2 heterocycles. The van der Waals surface area contributed by atoms with Crippen LogP contribution in [0.25, 0.3) is 0 Å². The minimum absolute atomic E-state index is 0.536. The zero-order valence-electron chi connectivity index (χ0n) is 8.25. The van der Waals surface area contributed by atoms with Gasteiger partial charge in [-0.15, -0.1) is 0 Å². The quantitative estimate of drug-likeness (QED) is 0.744. The molecule has 0 saturated carbocycles. The lowest BCUT2D eigenvalue weighted by Crippen LogP contribution is -2.39. The van der Waals surface area contributed by atoms with Crippen molar-refractivity contribution in [1.29, 1.82) is 0 Å². The van der Waals surface area contributed by atoms with Crippen LogP contribution in [0.5, 0.6) is 0 Å². The molecule has 1 N–H and O–H groups in total. The largest absolute Gasteiger partial charge is 0.315 e. The van der Waals surface area contributed by atoms with E-state index in [2.05, 4.69) is 36.3 Å². The smallest absolute Gasteiger partial charge is 0.0429 e. The summed E-state index contributed by atoms with van der Waals surface area (Å²) in [7, 11) is 0. The Morgan fingerprint density at radius 3 is 2.54 bits per heavy atom. The normalized spacial score (nSPS) is 17.5. The molecule has 0 bridgehead atoms. The van der Waals surface area contributed by atoms with E-state index >= 15 is 0 Å². The van der Waals surface area contributed by atoms with Gasteiger partial charge >= 0.3 is 0 Å². The highest BCUT2D eigenvalue weighted by Crippen LogP contribution is 2.20. The number of aromatic nitrogens is 1. The molecule has 2 rings (SSSR count). The monoisotopic (exact) mass is 176 g/mol. The van der Waals surface area contributed by atoms with Gasteiger partial charge in [0, 0.05) is 30.9 Å². The third-order valence-electron chi connectivity index (χ3n) is 2.65. The molecule has 70 valence electrons. The van der Waals surface area contributed by atoms with Crippen LogP contribution in [-0.2, 0) is 0 Å². The summed E-state index contributed by atoms with van der Waals surface area (Å²) in [6.07, 6.45) is 2.03. The lowest BCUT2D eigenvalue weighted by Gasteiger charge is -2.27. The van der Waals surface area contributed by atoms with E-state index in [9.17, 15) is 0 Å². The number of nitrogens with zero attached hydrogens (tertiary/aromatic N) is 1. The van der Waals surface area contributed by atoms with Gasteiger partial charge in [-0.1, -0.05) is 19.9 Å². The SMILES string of the molecule is CC(C)c1ccc(C2CNC2)cn1. The van der Waals surface area contributed by atoms with Crippen molar-refractivity contribution in [3.8, 4) is 0 Å². The molecule has 1 aliphatic rings. The summed E-state index contributed by atoms with van der Waals surface area (Å²) in [6.45, 7) is 6.57. The van der Waals surface area contributed by atoms with Crippen molar-refractivity contribution in [1.82, 2.24) is 10.3 Å². The third kappa shape index (κ3) is 1.73. The Hall–Kier alpha value is -0.890. The molecule has 2 nitrogen and oxygen atoms in total. The molecule has 0 amide bonds. The van der Waals surface area contributed by atoms with Gasteiger partial charge in [0.2, 0.25) is 0 Å². The highest BCUT2D eigenvalue weighted by atomic mass is 14.9. The standard InChI is InChI=1S/C11H16N2/c1-8(2)11-4-3-9(7-13-11)10-5-12-6-10/h3-4,7-8,10,12H,5-6H2,1-2H3. The molecule has 0 aromatic carbocycles. The fourth-order valence-electron chi connectivity index (χ4n) is 1.52. The average molecular weight is 176 g/mol. The van der Waals surface area contributed by atoms with Gasteiger partial charge < -0.3 is 5.32 Å². The van der Waals surface area contributed by atoms with Crippen LogP contribution in [0.3, 0.4) is 0 Å². The van der Waals surface area contributed by atoms with Crippen LogP contribution in [0.2, 0.25) is 0 Å². The fraction of sp³-hybridized carbons (Fsp3) is 0.545. The van der Waals surface area contributed by atoms with Crippen LogP contribution in [0.15, 0.2) is 18.3 Å². The predicted molar refractivity (Wildman–Crippen MR) is 53.9 cm³/mol. The Morgan fingerprint density at radius 2 is 2.15 bits per heavy atom. The van der Waals surface area contributed by atoms with Crippen LogP contribution in [0.1, 0.15) is 36.9 Å². The first kappa shape index (κ1) is 8.70. The van der Waals surface area contributed by atoms with Gasteiger partial charge in [-0.25, -0.2) is 0 Å². The number of hydrogen-bond donors (Lipinski definition) is 1. The van der Waals surface area contributed by atoms with Crippen LogP contribution in [0, 0.1) is 0 Å². The Kier molecular flexibility index (Phi) is 2.32. The van der Waals surface area contributed by atoms with Gasteiger partial charge in [0.15, 0.2) is 0 Å². The Morgan fingerprint density at radius 1 is 1.38 bits per heavy atom. The highest BCUT2D eigenvalue weighted by Gasteiger charge is 2.18. The van der Waals surface area contributed by atoms with Gasteiger partial charge in [-0.3, -0.25) is 4.98 Å². The molecule has 0 unspecified atom stereocenters. The van der Waals surface area contributed by atoms with E-state index in [0.717, 1.165) is 13.1 Å². The minimum Gasteiger partial charge on any atom is -0.315 e. The molecule has 1 saturated heterocycles. The summed E-state index contributed by atoms with van der Waals surface area (Å²) in [5, 5.41) is 3.27. The van der Waals surface area contributed by atoms with Gasteiger partial charge in [-0.05, 0) is 17.5 Å². The Bertz CT molecular complexity index is 273. The number of nitrogens with one attached hydrogen (secondary N) is 1. The fourth-order valence-corrected chi connectivity index (χ4v) is 1.52. The second-order valence-electron chi connectivity index (χ2n) is 4.03. The number of rotatable bonds is 2. The Labute approximate surface area is 79.4 Å². The number of pyridine rings is 1. The Balaban J connectivity index is 2.13. The molecule has 1 fully saturated rings. The summed E-state index contributed by atoms with van der Waals surface area (Å²) in [5.74, 6) is 1.24. The van der Waals surface area contributed by atoms with E-state index in [0.29, 0.717) is 11.8 Å². The predicted octanol–water partition coefficient (Wildman–Crippen LogP) is 1.89. The van der Waals surface area contributed by atoms with E-state index < -0.39 is 0 Å². The maximum absolute atomic E-state index is 4.45. The van der Waals surface area contributed by atoms with Crippen LogP contribution in [0.4, 0.5) is 0 Å². The molecule has 1 aromatic heterocycles. The molecule has 0 radical (unpaired) electrons. The van der Waals surface area contributed by atoms with Crippen molar-refractivity contribution in [2.75, 3.05) is 13.1 Å². The maximum atomic E-state index is 4.45. The third-order valence-corrected chi connectivity index (χ3v) is 2.65. The topological polar surface area (TPSA) is 24.9 Å². The van der Waals surface area contributed by atoms with E-state index in [1.807, 2.05) is 6.20 Å². The van der Waals surface area contributed by atoms with Crippen molar-refractivity contribution in [3.05, 3.63) is 29.6 Å². The van der Waals surface area contributed by atoms with Gasteiger partial charge in [0.25, 0.3) is 0 Å². The van der Waals surface area contributed by atoms with Crippen molar-refractivity contribution >= 4 is 0 Å². The van der Waals surface area contributed by atoms with Crippen molar-refractivity contribution in [2.45, 2.75) is 25.7 Å². The molecule has 0 atom stereocenters. The molecule has 13 heavy (non-hydrogen) atoms. The van der Waals surface area contributed by atoms with Crippen molar-refractivity contribution in [2.24, 2.45) is 0 Å². The summed E-state index contributed by atoms with van der Waals surface area (Å²) >= 11 is 0. The average Bonchev–Trinajstić information content (AvgIpc) is 2.02. The molecule has 1 aromatic rings. The molecular weight excluding hydrogens is 160 g/mol. The lowest BCUT2D eigenvalue weighted by molar-refractivity contribution is 0.447. The summed E-state index contributed by atoms with van der Waals surface area (Å²) in [5.41, 5.74) is 2.57. The zero-order valence-corrected chi connectivity index (χ0v) is 8.25. The minimum atomic E-state index is 0.536.